The first kappa shape index (κ1) is 34.1. The summed E-state index contributed by atoms with van der Waals surface area (Å²) < 4.78 is 35.7. The van der Waals surface area contributed by atoms with E-state index >= 15 is 0 Å². The number of hydrogen-bond donors (Lipinski definition) is 0. The second-order valence-corrected chi connectivity index (χ2v) is 11.4. The van der Waals surface area contributed by atoms with Crippen LogP contribution in [-0.4, -0.2) is 31.4 Å². The second-order valence-electron chi connectivity index (χ2n) is 11.4. The van der Waals surface area contributed by atoms with Gasteiger partial charge in [0.25, 0.3) is 0 Å². The number of para-hydroxylation sites is 1. The predicted octanol–water partition coefficient (Wildman–Crippen LogP) is 9.48. The molecule has 0 unspecified atom stereocenters. The molecule has 0 aliphatic heterocycles. The van der Waals surface area contributed by atoms with Crippen LogP contribution in [0.25, 0.3) is 11.1 Å². The lowest BCUT2D eigenvalue weighted by Gasteiger charge is -2.18. The Hall–Kier alpha value is -5.24. The van der Waals surface area contributed by atoms with Crippen LogP contribution >= 0.6 is 0 Å². The molecule has 0 aliphatic carbocycles. The minimum atomic E-state index is -0.450. The lowest BCUT2D eigenvalue weighted by Crippen LogP contribution is -2.08. The number of carbonyl (C=O) groups excluding carboxylic acids is 1. The molecule has 8 nitrogen and oxygen atoms in total. The Bertz CT molecular complexity index is 1790. The van der Waals surface area contributed by atoms with E-state index in [-0.39, 0.29) is 0 Å². The third kappa shape index (κ3) is 8.18. The molecule has 4 aromatic carbocycles. The van der Waals surface area contributed by atoms with Crippen LogP contribution in [0.15, 0.2) is 89.5 Å². The molecule has 0 amide bonds. The average Bonchev–Trinajstić information content (AvgIpc) is 3.45. The van der Waals surface area contributed by atoms with Crippen molar-refractivity contribution in [2.24, 2.45) is 0 Å². The second kappa shape index (κ2) is 16.5. The predicted molar refractivity (Wildman–Crippen MR) is 185 cm³/mol. The summed E-state index contributed by atoms with van der Waals surface area (Å²) in [5.74, 6) is 3.62. The molecule has 0 fully saturated rings. The number of hydrogen-bond acceptors (Lipinski definition) is 8. The Morgan fingerprint density at radius 1 is 0.771 bits per heavy atom. The van der Waals surface area contributed by atoms with Crippen LogP contribution in [0.4, 0.5) is 0 Å². The van der Waals surface area contributed by atoms with E-state index in [1.807, 2.05) is 74.5 Å². The first-order valence-electron chi connectivity index (χ1n) is 16.4. The Kier molecular flexibility index (Phi) is 11.8. The van der Waals surface area contributed by atoms with Gasteiger partial charge in [-0.15, -0.1) is 0 Å². The quantitative estimate of drug-likeness (QED) is 0.0771. The van der Waals surface area contributed by atoms with Gasteiger partial charge in [0.1, 0.15) is 46.7 Å². The highest BCUT2D eigenvalue weighted by atomic mass is 16.5. The van der Waals surface area contributed by atoms with Crippen molar-refractivity contribution in [3.8, 4) is 39.9 Å². The fourth-order valence-corrected chi connectivity index (χ4v) is 5.58. The van der Waals surface area contributed by atoms with Gasteiger partial charge in [-0.25, -0.2) is 4.79 Å². The highest BCUT2D eigenvalue weighted by Crippen LogP contribution is 2.40. The molecule has 1 heterocycles. The van der Waals surface area contributed by atoms with Gasteiger partial charge in [0.15, 0.2) is 0 Å². The SMILES string of the molecule is CCCc1c(OCCCOc2cc(OCc3ccccc3)c(-c3c(C)noc3C)cc2CC)cccc1Oc1ccccc1C(=O)OC. The van der Waals surface area contributed by atoms with Crippen LogP contribution in [0.1, 0.15) is 65.2 Å². The van der Waals surface area contributed by atoms with Crippen LogP contribution in [0, 0.1) is 13.8 Å². The number of esters is 1. The van der Waals surface area contributed by atoms with Crippen molar-refractivity contribution in [3.63, 3.8) is 0 Å². The highest BCUT2D eigenvalue weighted by Gasteiger charge is 2.20. The van der Waals surface area contributed by atoms with Gasteiger partial charge in [0.05, 0.1) is 31.6 Å². The Balaban J connectivity index is 1.28. The maximum absolute atomic E-state index is 12.3. The van der Waals surface area contributed by atoms with Crippen molar-refractivity contribution in [1.29, 1.82) is 0 Å². The molecule has 5 aromatic rings. The van der Waals surface area contributed by atoms with Gasteiger partial charge < -0.3 is 28.2 Å². The number of carbonyl (C=O) groups is 1. The van der Waals surface area contributed by atoms with Crippen LogP contribution in [0.2, 0.25) is 0 Å². The lowest BCUT2D eigenvalue weighted by atomic mass is 9.98. The van der Waals surface area contributed by atoms with Crippen molar-refractivity contribution in [2.45, 2.75) is 60.0 Å². The van der Waals surface area contributed by atoms with E-state index in [0.717, 1.165) is 70.0 Å². The zero-order chi connectivity index (χ0) is 33.9. The molecule has 1 aromatic heterocycles. The molecule has 0 bridgehead atoms. The van der Waals surface area contributed by atoms with Gasteiger partial charge in [-0.2, -0.15) is 0 Å². The van der Waals surface area contributed by atoms with Gasteiger partial charge in [-0.05, 0) is 68.1 Å². The molecular formula is C40H43NO7. The third-order valence-corrected chi connectivity index (χ3v) is 7.99. The van der Waals surface area contributed by atoms with E-state index in [2.05, 4.69) is 25.1 Å². The smallest absolute Gasteiger partial charge is 0.341 e. The highest BCUT2D eigenvalue weighted by molar-refractivity contribution is 5.92. The van der Waals surface area contributed by atoms with E-state index in [0.29, 0.717) is 49.1 Å². The maximum Gasteiger partial charge on any atom is 0.341 e. The molecule has 0 spiro atoms. The standard InChI is InChI=1S/C40H43NO7/c1-6-15-31-34(20-13-21-35(31)47-36-19-12-11-18-32(36)40(42)43-5)44-22-14-23-45-37-25-38(46-26-29-16-9-8-10-17-29)33(24-30(37)7-2)39-27(3)41-48-28(39)4/h8-13,16-21,24-25H,6-7,14-15,22-23,26H2,1-5H3. The molecule has 0 aliphatic rings. The Morgan fingerprint density at radius 2 is 1.48 bits per heavy atom. The molecule has 0 saturated heterocycles. The van der Waals surface area contributed by atoms with E-state index in [4.69, 9.17) is 28.2 Å². The number of methoxy groups -OCH3 is 1. The van der Waals surface area contributed by atoms with Crippen molar-refractivity contribution >= 4 is 5.97 Å². The van der Waals surface area contributed by atoms with Gasteiger partial charge in [-0.1, -0.05) is 74.0 Å². The van der Waals surface area contributed by atoms with E-state index in [1.54, 1.807) is 18.2 Å². The summed E-state index contributed by atoms with van der Waals surface area (Å²) in [6.07, 6.45) is 3.10. The molecule has 48 heavy (non-hydrogen) atoms. The van der Waals surface area contributed by atoms with Crippen molar-refractivity contribution in [3.05, 3.63) is 119 Å². The average molecular weight is 650 g/mol. The zero-order valence-electron chi connectivity index (χ0n) is 28.3. The summed E-state index contributed by atoms with van der Waals surface area (Å²) in [7, 11) is 1.36. The fraction of sp³-hybridized carbons (Fsp3) is 0.300. The number of nitrogens with zero attached hydrogens (tertiary/aromatic N) is 1. The Morgan fingerprint density at radius 3 is 2.19 bits per heavy atom. The lowest BCUT2D eigenvalue weighted by molar-refractivity contribution is 0.0598. The number of aromatic nitrogens is 1. The minimum absolute atomic E-state index is 0.366. The first-order chi connectivity index (χ1) is 23.4. The van der Waals surface area contributed by atoms with E-state index < -0.39 is 5.97 Å². The molecule has 250 valence electrons. The molecule has 0 radical (unpaired) electrons. The zero-order valence-corrected chi connectivity index (χ0v) is 28.3. The maximum atomic E-state index is 12.3. The third-order valence-electron chi connectivity index (χ3n) is 7.99. The molecule has 0 saturated carbocycles. The first-order valence-corrected chi connectivity index (χ1v) is 16.4. The normalized spacial score (nSPS) is 10.9. The van der Waals surface area contributed by atoms with Crippen LogP contribution in [0.3, 0.4) is 0 Å². The van der Waals surface area contributed by atoms with Crippen molar-refractivity contribution in [2.75, 3.05) is 20.3 Å². The summed E-state index contributed by atoms with van der Waals surface area (Å²) in [5.41, 5.74) is 6.15. The fourth-order valence-electron chi connectivity index (χ4n) is 5.58. The van der Waals surface area contributed by atoms with Gasteiger partial charge >= 0.3 is 5.97 Å². The van der Waals surface area contributed by atoms with Gasteiger partial charge in [0, 0.05) is 23.6 Å². The molecule has 8 heteroatoms. The summed E-state index contributed by atoms with van der Waals surface area (Å²) in [5, 5.41) is 4.18. The van der Waals surface area contributed by atoms with Crippen LogP contribution in [0.5, 0.6) is 28.7 Å². The minimum Gasteiger partial charge on any atom is -0.493 e. The summed E-state index contributed by atoms with van der Waals surface area (Å²) in [6.45, 7) is 9.42. The number of rotatable bonds is 16. The van der Waals surface area contributed by atoms with E-state index in [1.165, 1.54) is 7.11 Å². The Labute approximate surface area is 282 Å². The van der Waals surface area contributed by atoms with Gasteiger partial charge in [-0.3, -0.25) is 0 Å². The summed E-state index contributed by atoms with van der Waals surface area (Å²) in [6, 6.07) is 27.0. The summed E-state index contributed by atoms with van der Waals surface area (Å²) >= 11 is 0. The van der Waals surface area contributed by atoms with Crippen molar-refractivity contribution < 1.29 is 33.0 Å². The largest absolute Gasteiger partial charge is 0.493 e. The van der Waals surface area contributed by atoms with E-state index in [9.17, 15) is 4.79 Å². The number of ether oxygens (including phenoxy) is 5. The van der Waals surface area contributed by atoms with Crippen molar-refractivity contribution in [1.82, 2.24) is 5.16 Å². The van der Waals surface area contributed by atoms with Crippen LogP contribution < -0.4 is 18.9 Å². The molecule has 0 N–H and O–H groups in total. The molecule has 0 atom stereocenters. The van der Waals surface area contributed by atoms with Gasteiger partial charge in [0.2, 0.25) is 0 Å². The monoisotopic (exact) mass is 649 g/mol. The van der Waals surface area contributed by atoms with Crippen LogP contribution in [-0.2, 0) is 24.2 Å². The molecule has 5 rings (SSSR count). The summed E-state index contributed by atoms with van der Waals surface area (Å²) in [4.78, 5) is 12.3. The number of aryl methyl sites for hydroxylation is 3. The number of benzene rings is 4. The molecular weight excluding hydrogens is 606 g/mol. The topological polar surface area (TPSA) is 89.3 Å².